The van der Waals surface area contributed by atoms with Crippen molar-refractivity contribution in [1.82, 2.24) is 19.9 Å². The van der Waals surface area contributed by atoms with Crippen molar-refractivity contribution >= 4 is 45.8 Å². The van der Waals surface area contributed by atoms with Gasteiger partial charge in [0, 0.05) is 18.4 Å². The van der Waals surface area contributed by atoms with Crippen LogP contribution in [-0.4, -0.2) is 53.0 Å². The molecule has 2 aromatic heterocycles. The highest BCUT2D eigenvalue weighted by atomic mass is 35.5. The minimum atomic E-state index is -0.677. The summed E-state index contributed by atoms with van der Waals surface area (Å²) in [5.74, 6) is -0.200. The number of nitrogens with one attached hydrogen (secondary N) is 3. The van der Waals surface area contributed by atoms with Crippen LogP contribution in [0.5, 0.6) is 5.75 Å². The molecule has 0 aliphatic carbocycles. The van der Waals surface area contributed by atoms with Crippen LogP contribution in [0.2, 0.25) is 10.0 Å². The van der Waals surface area contributed by atoms with Gasteiger partial charge in [-0.3, -0.25) is 19.6 Å². The predicted octanol–water partition coefficient (Wildman–Crippen LogP) is 2.11. The van der Waals surface area contributed by atoms with E-state index in [1.807, 2.05) is 19.0 Å². The SMILES string of the molecule is CN(C)CCOc1c(Cl)cc(NC(=O)c2cnc3[nH]c(=O)[nH]c(=O)c3c2)cc1Cl. The summed E-state index contributed by atoms with van der Waals surface area (Å²) in [6.07, 6.45) is 1.25. The number of amides is 1. The topological polar surface area (TPSA) is 120 Å². The maximum absolute atomic E-state index is 12.5. The van der Waals surface area contributed by atoms with Crippen LogP contribution in [0.1, 0.15) is 10.4 Å². The first kappa shape index (κ1) is 20.8. The maximum Gasteiger partial charge on any atom is 0.327 e. The summed E-state index contributed by atoms with van der Waals surface area (Å²) in [5, 5.41) is 3.22. The minimum absolute atomic E-state index is 0.0814. The monoisotopic (exact) mass is 437 g/mol. The van der Waals surface area contributed by atoms with Gasteiger partial charge in [0.1, 0.15) is 12.3 Å². The molecule has 2 heterocycles. The second kappa shape index (κ2) is 8.64. The van der Waals surface area contributed by atoms with Crippen molar-refractivity contribution in [2.75, 3.05) is 32.6 Å². The lowest BCUT2D eigenvalue weighted by atomic mass is 10.2. The summed E-state index contributed by atoms with van der Waals surface area (Å²) >= 11 is 12.5. The summed E-state index contributed by atoms with van der Waals surface area (Å²) in [6.45, 7) is 1.09. The third-order valence-corrected chi connectivity index (χ3v) is 4.46. The number of H-pyrrole nitrogens is 2. The van der Waals surface area contributed by atoms with E-state index in [1.54, 1.807) is 0 Å². The number of rotatable bonds is 6. The Morgan fingerprint density at radius 1 is 1.17 bits per heavy atom. The zero-order chi connectivity index (χ0) is 21.1. The van der Waals surface area contributed by atoms with Gasteiger partial charge in [-0.25, -0.2) is 9.78 Å². The van der Waals surface area contributed by atoms with E-state index < -0.39 is 17.2 Å². The second-order valence-corrected chi connectivity index (χ2v) is 7.22. The molecular formula is C18H17Cl2N5O4. The molecule has 29 heavy (non-hydrogen) atoms. The molecule has 0 saturated heterocycles. The molecule has 1 amide bonds. The lowest BCUT2D eigenvalue weighted by molar-refractivity contribution is 0.102. The Balaban J connectivity index is 1.81. The molecule has 0 fully saturated rings. The van der Waals surface area contributed by atoms with Crippen LogP contribution in [0.15, 0.2) is 34.0 Å². The van der Waals surface area contributed by atoms with Crippen molar-refractivity contribution < 1.29 is 9.53 Å². The van der Waals surface area contributed by atoms with Gasteiger partial charge in [-0.2, -0.15) is 0 Å². The van der Waals surface area contributed by atoms with Gasteiger partial charge in [0.2, 0.25) is 0 Å². The molecule has 9 nitrogen and oxygen atoms in total. The molecule has 11 heteroatoms. The van der Waals surface area contributed by atoms with Crippen LogP contribution < -0.4 is 21.3 Å². The number of hydrogen-bond donors (Lipinski definition) is 3. The summed E-state index contributed by atoms with van der Waals surface area (Å²) in [4.78, 5) is 46.1. The second-order valence-electron chi connectivity index (χ2n) is 6.40. The highest BCUT2D eigenvalue weighted by molar-refractivity contribution is 6.37. The van der Waals surface area contributed by atoms with E-state index in [2.05, 4.69) is 20.3 Å². The normalized spacial score (nSPS) is 11.1. The van der Waals surface area contributed by atoms with E-state index in [9.17, 15) is 14.4 Å². The molecule has 3 rings (SSSR count). The number of nitrogens with zero attached hydrogens (tertiary/aromatic N) is 2. The van der Waals surface area contributed by atoms with Crippen molar-refractivity contribution in [2.45, 2.75) is 0 Å². The first-order valence-electron chi connectivity index (χ1n) is 8.45. The van der Waals surface area contributed by atoms with Gasteiger partial charge in [0.25, 0.3) is 11.5 Å². The third kappa shape index (κ3) is 4.94. The van der Waals surface area contributed by atoms with Gasteiger partial charge in [0.15, 0.2) is 5.75 Å². The number of carbonyl (C=O) groups is 1. The van der Waals surface area contributed by atoms with Crippen molar-refractivity contribution in [2.24, 2.45) is 0 Å². The molecule has 0 unspecified atom stereocenters. The third-order valence-electron chi connectivity index (χ3n) is 3.89. The fourth-order valence-corrected chi connectivity index (χ4v) is 3.07. The molecule has 0 aliphatic heterocycles. The summed E-state index contributed by atoms with van der Waals surface area (Å²) in [7, 11) is 3.83. The Labute approximate surface area is 174 Å². The van der Waals surface area contributed by atoms with Crippen LogP contribution in [0.4, 0.5) is 5.69 Å². The van der Waals surface area contributed by atoms with Gasteiger partial charge in [-0.05, 0) is 32.3 Å². The molecule has 152 valence electrons. The summed E-state index contributed by atoms with van der Waals surface area (Å²) in [6, 6.07) is 4.35. The van der Waals surface area contributed by atoms with E-state index in [0.717, 1.165) is 0 Å². The molecule has 0 aliphatic rings. The molecule has 0 spiro atoms. The predicted molar refractivity (Wildman–Crippen MR) is 111 cm³/mol. The molecule has 0 bridgehead atoms. The molecule has 0 saturated carbocycles. The van der Waals surface area contributed by atoms with E-state index in [0.29, 0.717) is 24.6 Å². The van der Waals surface area contributed by atoms with E-state index >= 15 is 0 Å². The first-order valence-corrected chi connectivity index (χ1v) is 9.20. The molecule has 0 radical (unpaired) electrons. The van der Waals surface area contributed by atoms with E-state index in [-0.39, 0.29) is 26.6 Å². The Morgan fingerprint density at radius 2 is 1.86 bits per heavy atom. The standard InChI is InChI=1S/C18H17Cl2N5O4/c1-25(2)3-4-29-14-12(19)6-10(7-13(14)20)22-16(26)9-5-11-15(21-8-9)23-18(28)24-17(11)27/h5-8H,3-4H2,1-2H3,(H,22,26)(H2,21,23,24,27,28). The fourth-order valence-electron chi connectivity index (χ4n) is 2.47. The van der Waals surface area contributed by atoms with Crippen LogP contribution in [-0.2, 0) is 0 Å². The zero-order valence-corrected chi connectivity index (χ0v) is 17.0. The zero-order valence-electron chi connectivity index (χ0n) is 15.5. The van der Waals surface area contributed by atoms with Gasteiger partial charge in [-0.1, -0.05) is 23.2 Å². The van der Waals surface area contributed by atoms with Gasteiger partial charge < -0.3 is 15.0 Å². The number of benzene rings is 1. The van der Waals surface area contributed by atoms with Crippen molar-refractivity contribution in [3.8, 4) is 5.75 Å². The number of anilines is 1. The smallest absolute Gasteiger partial charge is 0.327 e. The summed E-state index contributed by atoms with van der Waals surface area (Å²) in [5.41, 5.74) is -0.768. The number of halogens is 2. The maximum atomic E-state index is 12.5. The number of aromatic amines is 2. The Morgan fingerprint density at radius 3 is 2.52 bits per heavy atom. The van der Waals surface area contributed by atoms with Gasteiger partial charge >= 0.3 is 5.69 Å². The van der Waals surface area contributed by atoms with Crippen molar-refractivity contribution in [1.29, 1.82) is 0 Å². The average molecular weight is 438 g/mol. The van der Waals surface area contributed by atoms with E-state index in [1.165, 1.54) is 24.4 Å². The summed E-state index contributed by atoms with van der Waals surface area (Å²) < 4.78 is 5.60. The number of fused-ring (bicyclic) bond motifs is 1. The number of likely N-dealkylation sites (N-methyl/N-ethyl adjacent to an activating group) is 1. The highest BCUT2D eigenvalue weighted by Gasteiger charge is 2.14. The van der Waals surface area contributed by atoms with E-state index in [4.69, 9.17) is 27.9 Å². The number of hydrogen-bond acceptors (Lipinski definition) is 6. The van der Waals surface area contributed by atoms with Gasteiger partial charge in [-0.15, -0.1) is 0 Å². The molecule has 0 atom stereocenters. The first-order chi connectivity index (χ1) is 13.7. The quantitative estimate of drug-likeness (QED) is 0.542. The molecule has 1 aromatic carbocycles. The van der Waals surface area contributed by atoms with Crippen molar-refractivity contribution in [3.63, 3.8) is 0 Å². The molecule has 3 N–H and O–H groups in total. The Hall–Kier alpha value is -2.88. The van der Waals surface area contributed by atoms with Crippen LogP contribution in [0, 0.1) is 0 Å². The minimum Gasteiger partial charge on any atom is -0.489 e. The van der Waals surface area contributed by atoms with Gasteiger partial charge in [0.05, 0.1) is 21.0 Å². The Kier molecular flexibility index (Phi) is 6.21. The van der Waals surface area contributed by atoms with Crippen LogP contribution in [0.3, 0.4) is 0 Å². The number of carbonyl (C=O) groups excluding carboxylic acids is 1. The number of aromatic nitrogens is 3. The van der Waals surface area contributed by atoms with Crippen LogP contribution in [0.25, 0.3) is 11.0 Å². The fraction of sp³-hybridized carbons (Fsp3) is 0.222. The molecule has 3 aromatic rings. The number of ether oxygens (including phenoxy) is 1. The largest absolute Gasteiger partial charge is 0.489 e. The average Bonchev–Trinajstić information content (AvgIpc) is 2.63. The number of pyridine rings is 1. The molecular weight excluding hydrogens is 421 g/mol. The highest BCUT2D eigenvalue weighted by Crippen LogP contribution is 2.36. The Bertz CT molecular complexity index is 1170. The lowest BCUT2D eigenvalue weighted by Gasteiger charge is -2.14. The van der Waals surface area contributed by atoms with Crippen LogP contribution >= 0.6 is 23.2 Å². The van der Waals surface area contributed by atoms with Crippen molar-refractivity contribution in [3.05, 3.63) is 60.8 Å². The lowest BCUT2D eigenvalue weighted by Crippen LogP contribution is -2.23.